The van der Waals surface area contributed by atoms with Crippen molar-refractivity contribution in [2.45, 2.75) is 0 Å². The summed E-state index contributed by atoms with van der Waals surface area (Å²) in [6, 6.07) is 47.7. The van der Waals surface area contributed by atoms with Crippen LogP contribution in [0.25, 0.3) is 78.0 Å². The number of para-hydroxylation sites is 1. The molecule has 0 saturated heterocycles. The Morgan fingerprint density at radius 3 is 1.68 bits per heavy atom. The smallest absolute Gasteiger partial charge is 0.164 e. The number of fused-ring (bicyclic) bond motifs is 4. The lowest BCUT2D eigenvalue weighted by Gasteiger charge is -2.10. The first-order chi connectivity index (χ1) is 20.3. The molecule has 0 aliphatic heterocycles. The minimum atomic E-state index is 0.604. The Balaban J connectivity index is 1.28. The average molecular weight is 526 g/mol. The maximum Gasteiger partial charge on any atom is 0.164 e. The highest BCUT2D eigenvalue weighted by atomic mass is 16.3. The van der Waals surface area contributed by atoms with E-state index in [1.54, 1.807) is 0 Å². The van der Waals surface area contributed by atoms with Gasteiger partial charge in [0.25, 0.3) is 0 Å². The number of benzene rings is 6. The third-order valence-electron chi connectivity index (χ3n) is 7.53. The molecule has 0 unspecified atom stereocenters. The van der Waals surface area contributed by atoms with Crippen LogP contribution in [0.2, 0.25) is 0 Å². The number of hydrogen-bond donors (Lipinski definition) is 0. The van der Waals surface area contributed by atoms with Crippen LogP contribution < -0.4 is 0 Å². The van der Waals surface area contributed by atoms with E-state index in [-0.39, 0.29) is 0 Å². The third kappa shape index (κ3) is 4.23. The van der Waals surface area contributed by atoms with E-state index in [9.17, 15) is 0 Å². The van der Waals surface area contributed by atoms with Crippen LogP contribution in [-0.4, -0.2) is 15.0 Å². The van der Waals surface area contributed by atoms with Gasteiger partial charge in [-0.25, -0.2) is 15.0 Å². The molecule has 0 N–H and O–H groups in total. The zero-order valence-electron chi connectivity index (χ0n) is 22.0. The summed E-state index contributed by atoms with van der Waals surface area (Å²) in [5.41, 5.74) is 6.75. The van der Waals surface area contributed by atoms with Crippen LogP contribution in [0.1, 0.15) is 0 Å². The fourth-order valence-corrected chi connectivity index (χ4v) is 5.40. The lowest BCUT2D eigenvalue weighted by atomic mass is 10.0. The lowest BCUT2D eigenvalue weighted by molar-refractivity contribution is 0.669. The second-order valence-corrected chi connectivity index (χ2v) is 10.1. The highest BCUT2D eigenvalue weighted by Gasteiger charge is 2.15. The van der Waals surface area contributed by atoms with Crippen molar-refractivity contribution in [2.24, 2.45) is 0 Å². The Kier molecular flexibility index (Phi) is 5.42. The predicted molar refractivity (Wildman–Crippen MR) is 166 cm³/mol. The molecular weight excluding hydrogens is 502 g/mol. The summed E-state index contributed by atoms with van der Waals surface area (Å²) < 4.78 is 6.18. The summed E-state index contributed by atoms with van der Waals surface area (Å²) >= 11 is 0. The Morgan fingerprint density at radius 1 is 0.341 bits per heavy atom. The monoisotopic (exact) mass is 525 g/mol. The van der Waals surface area contributed by atoms with Gasteiger partial charge in [-0.2, -0.15) is 0 Å². The van der Waals surface area contributed by atoms with Gasteiger partial charge >= 0.3 is 0 Å². The van der Waals surface area contributed by atoms with E-state index in [1.807, 2.05) is 36.4 Å². The first-order valence-corrected chi connectivity index (χ1v) is 13.6. The molecule has 2 heterocycles. The van der Waals surface area contributed by atoms with Crippen molar-refractivity contribution >= 4 is 32.7 Å². The summed E-state index contributed by atoms with van der Waals surface area (Å²) in [7, 11) is 0. The predicted octanol–water partition coefficient (Wildman–Crippen LogP) is 9.59. The van der Waals surface area contributed by atoms with Gasteiger partial charge in [0.05, 0.1) is 0 Å². The van der Waals surface area contributed by atoms with Crippen LogP contribution >= 0.6 is 0 Å². The van der Waals surface area contributed by atoms with Gasteiger partial charge in [-0.05, 0) is 46.2 Å². The number of rotatable bonds is 4. The van der Waals surface area contributed by atoms with Crippen LogP contribution in [0.5, 0.6) is 0 Å². The Bertz CT molecular complexity index is 2200. The van der Waals surface area contributed by atoms with Gasteiger partial charge in [-0.3, -0.25) is 0 Å². The van der Waals surface area contributed by atoms with Crippen LogP contribution in [-0.2, 0) is 0 Å². The van der Waals surface area contributed by atoms with Crippen molar-refractivity contribution in [3.63, 3.8) is 0 Å². The summed E-state index contributed by atoms with van der Waals surface area (Å²) in [5.74, 6) is 1.86. The summed E-state index contributed by atoms with van der Waals surface area (Å²) in [5, 5.41) is 4.49. The van der Waals surface area contributed by atoms with Crippen molar-refractivity contribution in [3.8, 4) is 45.3 Å². The second-order valence-electron chi connectivity index (χ2n) is 10.1. The molecule has 0 bridgehead atoms. The largest absolute Gasteiger partial charge is 0.456 e. The fraction of sp³-hybridized carbons (Fsp3) is 0. The van der Waals surface area contributed by atoms with E-state index in [4.69, 9.17) is 19.4 Å². The van der Waals surface area contributed by atoms with Gasteiger partial charge in [0.1, 0.15) is 11.2 Å². The first-order valence-electron chi connectivity index (χ1n) is 13.6. The minimum Gasteiger partial charge on any atom is -0.456 e. The van der Waals surface area contributed by atoms with E-state index in [0.717, 1.165) is 49.6 Å². The molecule has 0 atom stereocenters. The highest BCUT2D eigenvalue weighted by Crippen LogP contribution is 2.33. The van der Waals surface area contributed by atoms with Gasteiger partial charge < -0.3 is 4.42 Å². The number of hydrogen-bond acceptors (Lipinski definition) is 4. The maximum atomic E-state index is 6.18. The molecule has 0 radical (unpaired) electrons. The molecule has 0 fully saturated rings. The molecule has 0 aliphatic carbocycles. The SMILES string of the molecule is c1ccc(-c2ccc(-c3nc(-c4ccc5ccccc5c4)nc(-c4ccc5c(c4)oc4ccccc45)n3)cc2)cc1. The van der Waals surface area contributed by atoms with E-state index in [1.165, 1.54) is 10.9 Å². The van der Waals surface area contributed by atoms with Crippen molar-refractivity contribution < 1.29 is 4.42 Å². The van der Waals surface area contributed by atoms with Gasteiger partial charge in [-0.15, -0.1) is 0 Å². The average Bonchev–Trinajstić information content (AvgIpc) is 3.43. The van der Waals surface area contributed by atoms with Gasteiger partial charge in [0, 0.05) is 27.5 Å². The van der Waals surface area contributed by atoms with Crippen LogP contribution in [0, 0.1) is 0 Å². The summed E-state index contributed by atoms with van der Waals surface area (Å²) in [6.45, 7) is 0. The first kappa shape index (κ1) is 23.3. The molecule has 2 aromatic heterocycles. The number of nitrogens with zero attached hydrogens (tertiary/aromatic N) is 3. The summed E-state index contributed by atoms with van der Waals surface area (Å²) in [6.07, 6.45) is 0. The molecule has 0 aliphatic rings. The number of furan rings is 1. The fourth-order valence-electron chi connectivity index (χ4n) is 5.40. The lowest BCUT2D eigenvalue weighted by Crippen LogP contribution is -2.00. The molecule has 4 heteroatoms. The van der Waals surface area contributed by atoms with Crippen molar-refractivity contribution in [2.75, 3.05) is 0 Å². The Labute approximate surface area is 236 Å². The minimum absolute atomic E-state index is 0.604. The van der Waals surface area contributed by atoms with Gasteiger partial charge in [0.15, 0.2) is 17.5 Å². The van der Waals surface area contributed by atoms with Crippen LogP contribution in [0.3, 0.4) is 0 Å². The Morgan fingerprint density at radius 2 is 0.878 bits per heavy atom. The highest BCUT2D eigenvalue weighted by molar-refractivity contribution is 6.05. The van der Waals surface area contributed by atoms with Crippen molar-refractivity contribution in [1.82, 2.24) is 15.0 Å². The molecule has 0 amide bonds. The topological polar surface area (TPSA) is 51.8 Å². The van der Waals surface area contributed by atoms with E-state index in [0.29, 0.717) is 17.5 Å². The van der Waals surface area contributed by atoms with E-state index < -0.39 is 0 Å². The zero-order chi connectivity index (χ0) is 27.2. The molecule has 4 nitrogen and oxygen atoms in total. The standard InChI is InChI=1S/C37H23N3O/c1-2-8-24(9-3-1)26-14-17-27(18-15-26)35-38-36(29-19-16-25-10-4-5-11-28(25)22-29)40-37(39-35)30-20-21-32-31-12-6-7-13-33(31)41-34(32)23-30/h1-23H. The summed E-state index contributed by atoms with van der Waals surface area (Å²) in [4.78, 5) is 14.9. The molecular formula is C37H23N3O. The van der Waals surface area contributed by atoms with Crippen molar-refractivity contribution in [3.05, 3.63) is 140 Å². The zero-order valence-corrected chi connectivity index (χ0v) is 22.0. The van der Waals surface area contributed by atoms with E-state index in [2.05, 4.69) is 103 Å². The molecule has 0 spiro atoms. The molecule has 8 rings (SSSR count). The molecule has 6 aromatic carbocycles. The molecule has 0 saturated carbocycles. The molecule has 8 aromatic rings. The van der Waals surface area contributed by atoms with Crippen LogP contribution in [0.15, 0.2) is 144 Å². The Hall–Kier alpha value is -5.61. The molecule has 41 heavy (non-hydrogen) atoms. The normalized spacial score (nSPS) is 11.4. The van der Waals surface area contributed by atoms with E-state index >= 15 is 0 Å². The maximum absolute atomic E-state index is 6.18. The van der Waals surface area contributed by atoms with Crippen LogP contribution in [0.4, 0.5) is 0 Å². The quantitative estimate of drug-likeness (QED) is 0.230. The number of aromatic nitrogens is 3. The van der Waals surface area contributed by atoms with Gasteiger partial charge in [-0.1, -0.05) is 115 Å². The third-order valence-corrected chi connectivity index (χ3v) is 7.53. The van der Waals surface area contributed by atoms with Crippen molar-refractivity contribution in [1.29, 1.82) is 0 Å². The van der Waals surface area contributed by atoms with Gasteiger partial charge in [0.2, 0.25) is 0 Å². The second kappa shape index (κ2) is 9.54. The molecule has 192 valence electrons.